The standard InChI is InChI=1S/C22H22ClF2N5O5/c1-3-33-20(19-15(24)7-14(32-2)8-16(19)25)22(31)30(23)9-13-5-4-12(21(26)27)6-17(13)34-10-18-28-11-35-29-18/h4-8,11,20H,3,9-10H2,1-2H3,(H3,26,27). The number of hydrogen-bond acceptors (Lipinski definition) is 8. The SMILES string of the molecule is CCOC(C(=O)N(Cl)Cc1ccc(C(=N)N)cc1OCc1ncon1)c1c(F)cc(OC)cc1F. The van der Waals surface area contributed by atoms with Gasteiger partial charge in [0.1, 0.15) is 29.0 Å². The van der Waals surface area contributed by atoms with Gasteiger partial charge in [-0.15, -0.1) is 0 Å². The number of methoxy groups -OCH3 is 1. The molecule has 10 nitrogen and oxygen atoms in total. The summed E-state index contributed by atoms with van der Waals surface area (Å²) >= 11 is 6.26. The molecular formula is C22H22ClF2N5O5. The third kappa shape index (κ3) is 6.22. The molecule has 0 saturated carbocycles. The van der Waals surface area contributed by atoms with Gasteiger partial charge in [0.05, 0.1) is 19.2 Å². The third-order valence-corrected chi connectivity index (χ3v) is 5.08. The first-order valence-corrected chi connectivity index (χ1v) is 10.6. The van der Waals surface area contributed by atoms with Crippen molar-refractivity contribution in [1.29, 1.82) is 5.41 Å². The predicted octanol–water partition coefficient (Wildman–Crippen LogP) is 3.48. The highest BCUT2D eigenvalue weighted by molar-refractivity contribution is 6.21. The van der Waals surface area contributed by atoms with Gasteiger partial charge < -0.3 is 24.5 Å². The lowest BCUT2D eigenvalue weighted by Gasteiger charge is -2.23. The van der Waals surface area contributed by atoms with E-state index < -0.39 is 29.2 Å². The lowest BCUT2D eigenvalue weighted by Crippen LogP contribution is -2.30. The summed E-state index contributed by atoms with van der Waals surface area (Å²) in [4.78, 5) is 17.0. The van der Waals surface area contributed by atoms with Crippen molar-refractivity contribution in [2.45, 2.75) is 26.2 Å². The Labute approximate surface area is 204 Å². The second-order valence-electron chi connectivity index (χ2n) is 7.07. The number of halogens is 3. The molecule has 0 aliphatic heterocycles. The maximum Gasteiger partial charge on any atom is 0.271 e. The summed E-state index contributed by atoms with van der Waals surface area (Å²) in [5.74, 6) is -2.72. The number of carbonyl (C=O) groups excluding carboxylic acids is 1. The third-order valence-electron chi connectivity index (χ3n) is 4.80. The first-order valence-electron chi connectivity index (χ1n) is 10.2. The Morgan fingerprint density at radius 3 is 2.57 bits per heavy atom. The molecule has 1 heterocycles. The monoisotopic (exact) mass is 509 g/mol. The minimum Gasteiger partial charge on any atom is -0.497 e. The quantitative estimate of drug-likeness (QED) is 0.228. The highest BCUT2D eigenvalue weighted by Crippen LogP contribution is 2.31. The van der Waals surface area contributed by atoms with E-state index in [1.54, 1.807) is 13.0 Å². The predicted molar refractivity (Wildman–Crippen MR) is 120 cm³/mol. The molecule has 0 aliphatic carbocycles. The summed E-state index contributed by atoms with van der Waals surface area (Å²) < 4.78 is 50.6. The Balaban J connectivity index is 1.87. The Hall–Kier alpha value is -3.77. The molecule has 3 N–H and O–H groups in total. The fraction of sp³-hybridized carbons (Fsp3) is 0.273. The average Bonchev–Trinajstić information content (AvgIpc) is 3.35. The van der Waals surface area contributed by atoms with Crippen molar-refractivity contribution >= 4 is 23.5 Å². The number of nitrogens with zero attached hydrogens (tertiary/aromatic N) is 3. The smallest absolute Gasteiger partial charge is 0.271 e. The number of aromatic nitrogens is 2. The molecule has 0 aliphatic rings. The van der Waals surface area contributed by atoms with Gasteiger partial charge in [0.2, 0.25) is 12.2 Å². The summed E-state index contributed by atoms with van der Waals surface area (Å²) in [7, 11) is 1.26. The number of nitrogens with one attached hydrogen (secondary N) is 1. The van der Waals surface area contributed by atoms with Crippen LogP contribution in [0.4, 0.5) is 8.78 Å². The van der Waals surface area contributed by atoms with Crippen molar-refractivity contribution in [3.05, 3.63) is 70.9 Å². The van der Waals surface area contributed by atoms with E-state index in [4.69, 9.17) is 37.1 Å². The lowest BCUT2D eigenvalue weighted by atomic mass is 10.1. The molecule has 2 aromatic carbocycles. The molecule has 0 bridgehead atoms. The molecule has 35 heavy (non-hydrogen) atoms. The van der Waals surface area contributed by atoms with Gasteiger partial charge in [-0.1, -0.05) is 17.3 Å². The summed E-state index contributed by atoms with van der Waals surface area (Å²) in [6, 6.07) is 6.46. The fourth-order valence-electron chi connectivity index (χ4n) is 3.11. The van der Waals surface area contributed by atoms with Crippen LogP contribution in [0.25, 0.3) is 0 Å². The minimum atomic E-state index is -1.65. The molecule has 0 saturated heterocycles. The summed E-state index contributed by atoms with van der Waals surface area (Å²) in [5.41, 5.74) is 5.74. The van der Waals surface area contributed by atoms with Crippen LogP contribution in [0.15, 0.2) is 41.2 Å². The average molecular weight is 510 g/mol. The summed E-state index contributed by atoms with van der Waals surface area (Å²) in [5, 5.41) is 11.3. The first kappa shape index (κ1) is 25.8. The second-order valence-corrected chi connectivity index (χ2v) is 7.48. The van der Waals surface area contributed by atoms with Crippen molar-refractivity contribution in [2.24, 2.45) is 5.73 Å². The van der Waals surface area contributed by atoms with Crippen LogP contribution in [-0.2, 0) is 22.7 Å². The molecule has 13 heteroatoms. The minimum absolute atomic E-state index is 0.0155. The van der Waals surface area contributed by atoms with E-state index in [1.165, 1.54) is 19.2 Å². The van der Waals surface area contributed by atoms with Gasteiger partial charge >= 0.3 is 0 Å². The number of ether oxygens (including phenoxy) is 3. The van der Waals surface area contributed by atoms with Crippen molar-refractivity contribution < 1.29 is 32.3 Å². The molecule has 3 rings (SSSR count). The van der Waals surface area contributed by atoms with E-state index >= 15 is 0 Å². The van der Waals surface area contributed by atoms with Crippen molar-refractivity contribution in [1.82, 2.24) is 14.6 Å². The number of carbonyl (C=O) groups is 1. The van der Waals surface area contributed by atoms with Crippen LogP contribution in [0, 0.1) is 17.0 Å². The van der Waals surface area contributed by atoms with Crippen molar-refractivity contribution in [3.63, 3.8) is 0 Å². The number of amidine groups is 1. The van der Waals surface area contributed by atoms with Crippen LogP contribution in [0.3, 0.4) is 0 Å². The number of amides is 1. The van der Waals surface area contributed by atoms with Crippen LogP contribution in [-0.4, -0.2) is 40.0 Å². The van der Waals surface area contributed by atoms with Gasteiger partial charge in [0, 0.05) is 41.6 Å². The van der Waals surface area contributed by atoms with Gasteiger partial charge in [-0.2, -0.15) is 4.98 Å². The Kier molecular flexibility index (Phi) is 8.55. The molecule has 186 valence electrons. The van der Waals surface area contributed by atoms with Gasteiger partial charge in [0.25, 0.3) is 5.91 Å². The maximum atomic E-state index is 14.7. The van der Waals surface area contributed by atoms with E-state index in [1.807, 2.05) is 0 Å². The fourth-order valence-corrected chi connectivity index (χ4v) is 3.33. The molecule has 0 radical (unpaired) electrons. The van der Waals surface area contributed by atoms with Gasteiger partial charge in [-0.3, -0.25) is 10.2 Å². The van der Waals surface area contributed by atoms with Crippen LogP contribution in [0.1, 0.15) is 35.5 Å². The first-order chi connectivity index (χ1) is 16.7. The summed E-state index contributed by atoms with van der Waals surface area (Å²) in [6.45, 7) is 1.25. The number of benzene rings is 2. The molecular weight excluding hydrogens is 488 g/mol. The molecule has 3 aromatic rings. The van der Waals surface area contributed by atoms with Crippen molar-refractivity contribution in [3.8, 4) is 11.5 Å². The van der Waals surface area contributed by atoms with Gasteiger partial charge in [-0.05, 0) is 13.0 Å². The largest absolute Gasteiger partial charge is 0.497 e. The normalized spacial score (nSPS) is 11.7. The molecule has 1 atom stereocenters. The lowest BCUT2D eigenvalue weighted by molar-refractivity contribution is -0.139. The van der Waals surface area contributed by atoms with Crippen LogP contribution >= 0.6 is 11.8 Å². The zero-order chi connectivity index (χ0) is 25.5. The van der Waals surface area contributed by atoms with E-state index in [0.29, 0.717) is 11.1 Å². The molecule has 1 unspecified atom stereocenters. The number of rotatable bonds is 11. The molecule has 0 fully saturated rings. The van der Waals surface area contributed by atoms with Crippen LogP contribution in [0.2, 0.25) is 0 Å². The number of nitrogen functional groups attached to an aromatic ring is 1. The second kappa shape index (κ2) is 11.6. The number of hydrogen-bond donors (Lipinski definition) is 2. The van der Waals surface area contributed by atoms with E-state index in [2.05, 4.69) is 14.7 Å². The van der Waals surface area contributed by atoms with Gasteiger partial charge in [-0.25, -0.2) is 13.2 Å². The molecule has 0 spiro atoms. The highest BCUT2D eigenvalue weighted by atomic mass is 35.5. The number of nitrogens with two attached hydrogens (primary N) is 1. The zero-order valence-electron chi connectivity index (χ0n) is 18.8. The summed E-state index contributed by atoms with van der Waals surface area (Å²) in [6.07, 6.45) is -0.514. The topological polar surface area (TPSA) is 137 Å². The highest BCUT2D eigenvalue weighted by Gasteiger charge is 2.32. The molecule has 1 aromatic heterocycles. The van der Waals surface area contributed by atoms with E-state index in [9.17, 15) is 13.6 Å². The molecule has 1 amide bonds. The van der Waals surface area contributed by atoms with Crippen LogP contribution in [0.5, 0.6) is 11.5 Å². The Morgan fingerprint density at radius 1 is 1.29 bits per heavy atom. The Bertz CT molecular complexity index is 1170. The maximum absolute atomic E-state index is 14.7. The van der Waals surface area contributed by atoms with Crippen LogP contribution < -0.4 is 15.2 Å². The Morgan fingerprint density at radius 2 is 2.00 bits per heavy atom. The van der Waals surface area contributed by atoms with E-state index in [-0.39, 0.29) is 42.9 Å². The van der Waals surface area contributed by atoms with E-state index in [0.717, 1.165) is 22.9 Å². The van der Waals surface area contributed by atoms with Crippen molar-refractivity contribution in [2.75, 3.05) is 13.7 Å². The zero-order valence-corrected chi connectivity index (χ0v) is 19.5. The van der Waals surface area contributed by atoms with Gasteiger partial charge in [0.15, 0.2) is 12.7 Å².